The van der Waals surface area contributed by atoms with E-state index in [-0.39, 0.29) is 5.82 Å². The van der Waals surface area contributed by atoms with Gasteiger partial charge in [-0.1, -0.05) is 12.1 Å². The molecule has 16 heavy (non-hydrogen) atoms. The molecule has 0 aliphatic heterocycles. The number of amides is 1. The zero-order chi connectivity index (χ0) is 12.0. The van der Waals surface area contributed by atoms with E-state index in [0.29, 0.717) is 13.1 Å². The van der Waals surface area contributed by atoms with Crippen molar-refractivity contribution in [1.82, 2.24) is 5.32 Å². The summed E-state index contributed by atoms with van der Waals surface area (Å²) in [5.74, 6) is -0.762. The minimum Gasteiger partial charge on any atom is -0.368 e. The van der Waals surface area contributed by atoms with E-state index in [1.165, 1.54) is 12.1 Å². The van der Waals surface area contributed by atoms with E-state index in [1.807, 2.05) is 0 Å². The lowest BCUT2D eigenvalue weighted by molar-refractivity contribution is -0.119. The van der Waals surface area contributed by atoms with Crippen molar-refractivity contribution < 1.29 is 9.18 Å². The van der Waals surface area contributed by atoms with E-state index in [9.17, 15) is 9.18 Å². The average molecular weight is 225 g/mol. The van der Waals surface area contributed by atoms with Crippen LogP contribution in [0.2, 0.25) is 0 Å². The molecule has 0 saturated carbocycles. The van der Waals surface area contributed by atoms with Gasteiger partial charge >= 0.3 is 0 Å². The summed E-state index contributed by atoms with van der Waals surface area (Å²) in [4.78, 5) is 10.6. The summed E-state index contributed by atoms with van der Waals surface area (Å²) in [5, 5.41) is 3.01. The normalized spacial score (nSPS) is 12.4. The lowest BCUT2D eigenvalue weighted by Crippen LogP contribution is -2.44. The van der Waals surface area contributed by atoms with Crippen molar-refractivity contribution in [3.05, 3.63) is 35.6 Å². The number of rotatable bonds is 6. The largest absolute Gasteiger partial charge is 0.368 e. The lowest BCUT2D eigenvalue weighted by Gasteiger charge is -2.08. The zero-order valence-corrected chi connectivity index (χ0v) is 8.95. The predicted octanol–water partition coefficient (Wildman–Crippen LogP) is -0.230. The molecule has 5 heteroatoms. The smallest absolute Gasteiger partial charge is 0.235 e. The van der Waals surface area contributed by atoms with Crippen LogP contribution in [0, 0.1) is 5.82 Å². The Bertz CT molecular complexity index is 340. The molecule has 0 aliphatic carbocycles. The van der Waals surface area contributed by atoms with E-state index >= 15 is 0 Å². The van der Waals surface area contributed by atoms with Crippen molar-refractivity contribution in [2.24, 2.45) is 11.5 Å². The van der Waals surface area contributed by atoms with Crippen LogP contribution in [-0.2, 0) is 11.2 Å². The molecule has 5 N–H and O–H groups in total. The number of carbonyl (C=O) groups is 1. The average Bonchev–Trinajstić information content (AvgIpc) is 2.26. The second kappa shape index (κ2) is 6.19. The van der Waals surface area contributed by atoms with Crippen molar-refractivity contribution in [2.75, 3.05) is 13.1 Å². The lowest BCUT2D eigenvalue weighted by atomic mass is 10.1. The van der Waals surface area contributed by atoms with Gasteiger partial charge in [-0.15, -0.1) is 0 Å². The standard InChI is InChI=1S/C11H16FN3O/c12-9-3-1-8(2-4-9)5-6-15-7-10(13)11(14)16/h1-4,10,15H,5-7,13H2,(H2,14,16). The highest BCUT2D eigenvalue weighted by Gasteiger charge is 2.07. The van der Waals surface area contributed by atoms with Crippen molar-refractivity contribution in [1.29, 1.82) is 0 Å². The summed E-state index contributed by atoms with van der Waals surface area (Å²) < 4.78 is 12.6. The fraction of sp³-hybridized carbons (Fsp3) is 0.364. The van der Waals surface area contributed by atoms with Gasteiger partial charge < -0.3 is 16.8 Å². The summed E-state index contributed by atoms with van der Waals surface area (Å²) in [7, 11) is 0. The van der Waals surface area contributed by atoms with Gasteiger partial charge in [0, 0.05) is 6.54 Å². The Balaban J connectivity index is 2.21. The number of primary amides is 1. The number of benzene rings is 1. The third-order valence-electron chi connectivity index (χ3n) is 2.23. The second-order valence-corrected chi connectivity index (χ2v) is 3.59. The molecule has 4 nitrogen and oxygen atoms in total. The first kappa shape index (κ1) is 12.6. The molecular formula is C11H16FN3O. The topological polar surface area (TPSA) is 81.1 Å². The Kier molecular flexibility index (Phi) is 4.88. The number of nitrogens with two attached hydrogens (primary N) is 2. The van der Waals surface area contributed by atoms with Crippen LogP contribution in [0.3, 0.4) is 0 Å². The molecule has 0 aliphatic rings. The summed E-state index contributed by atoms with van der Waals surface area (Å²) >= 11 is 0. The number of halogens is 1. The predicted molar refractivity (Wildman–Crippen MR) is 60.1 cm³/mol. The molecule has 88 valence electrons. The van der Waals surface area contributed by atoms with Crippen LogP contribution >= 0.6 is 0 Å². The first-order valence-corrected chi connectivity index (χ1v) is 5.09. The van der Waals surface area contributed by atoms with E-state index in [1.54, 1.807) is 12.1 Å². The SMILES string of the molecule is NC(=O)C(N)CNCCc1ccc(F)cc1. The molecule has 0 bridgehead atoms. The van der Waals surface area contributed by atoms with Gasteiger partial charge in [-0.25, -0.2) is 4.39 Å². The molecule has 0 spiro atoms. The van der Waals surface area contributed by atoms with Crippen LogP contribution in [0.5, 0.6) is 0 Å². The zero-order valence-electron chi connectivity index (χ0n) is 8.95. The summed E-state index contributed by atoms with van der Waals surface area (Å²) in [6.45, 7) is 1.03. The number of hydrogen-bond acceptors (Lipinski definition) is 3. The Morgan fingerprint density at radius 1 is 1.38 bits per heavy atom. The van der Waals surface area contributed by atoms with Crippen LogP contribution < -0.4 is 16.8 Å². The third kappa shape index (κ3) is 4.37. The van der Waals surface area contributed by atoms with Crippen molar-refractivity contribution in [3.63, 3.8) is 0 Å². The highest BCUT2D eigenvalue weighted by atomic mass is 19.1. The minimum atomic E-state index is -0.659. The molecule has 1 aromatic rings. The van der Waals surface area contributed by atoms with Gasteiger partial charge in [-0.3, -0.25) is 4.79 Å². The maximum Gasteiger partial charge on any atom is 0.235 e. The van der Waals surface area contributed by atoms with Crippen LogP contribution in [0.25, 0.3) is 0 Å². The van der Waals surface area contributed by atoms with Crippen LogP contribution in [0.1, 0.15) is 5.56 Å². The van der Waals surface area contributed by atoms with Gasteiger partial charge in [0.2, 0.25) is 5.91 Å². The van der Waals surface area contributed by atoms with E-state index in [4.69, 9.17) is 11.5 Å². The maximum atomic E-state index is 12.6. The van der Waals surface area contributed by atoms with Crippen molar-refractivity contribution in [3.8, 4) is 0 Å². The second-order valence-electron chi connectivity index (χ2n) is 3.59. The summed E-state index contributed by atoms with van der Waals surface area (Å²) in [6.07, 6.45) is 0.756. The fourth-order valence-electron chi connectivity index (χ4n) is 1.24. The fourth-order valence-corrected chi connectivity index (χ4v) is 1.24. The van der Waals surface area contributed by atoms with Crippen LogP contribution in [0.4, 0.5) is 4.39 Å². The molecule has 0 saturated heterocycles. The van der Waals surface area contributed by atoms with Crippen LogP contribution in [-0.4, -0.2) is 25.0 Å². The quantitative estimate of drug-likeness (QED) is 0.585. The molecule has 1 amide bonds. The Morgan fingerprint density at radius 3 is 2.56 bits per heavy atom. The van der Waals surface area contributed by atoms with Crippen molar-refractivity contribution in [2.45, 2.75) is 12.5 Å². The molecule has 1 rings (SSSR count). The number of carbonyl (C=O) groups excluding carboxylic acids is 1. The molecule has 1 atom stereocenters. The Hall–Kier alpha value is -1.46. The molecule has 0 aromatic heterocycles. The summed E-state index contributed by atoms with van der Waals surface area (Å²) in [5.41, 5.74) is 11.5. The number of hydrogen-bond donors (Lipinski definition) is 3. The van der Waals surface area contributed by atoms with Crippen LogP contribution in [0.15, 0.2) is 24.3 Å². The molecule has 1 aromatic carbocycles. The molecule has 1 unspecified atom stereocenters. The monoisotopic (exact) mass is 225 g/mol. The molecule has 0 heterocycles. The van der Waals surface area contributed by atoms with Gasteiger partial charge in [0.25, 0.3) is 0 Å². The van der Waals surface area contributed by atoms with Gasteiger partial charge in [0.1, 0.15) is 5.82 Å². The van der Waals surface area contributed by atoms with E-state index in [2.05, 4.69) is 5.32 Å². The molecule has 0 fully saturated rings. The number of nitrogens with one attached hydrogen (secondary N) is 1. The highest BCUT2D eigenvalue weighted by Crippen LogP contribution is 2.02. The van der Waals surface area contributed by atoms with Gasteiger partial charge in [-0.2, -0.15) is 0 Å². The van der Waals surface area contributed by atoms with Gasteiger partial charge in [-0.05, 0) is 30.7 Å². The maximum absolute atomic E-state index is 12.6. The Labute approximate surface area is 93.8 Å². The Morgan fingerprint density at radius 2 is 2.00 bits per heavy atom. The van der Waals surface area contributed by atoms with Gasteiger partial charge in [0.05, 0.1) is 6.04 Å². The first-order chi connectivity index (χ1) is 7.59. The summed E-state index contributed by atoms with van der Waals surface area (Å²) in [6, 6.07) is 5.64. The third-order valence-corrected chi connectivity index (χ3v) is 2.23. The van der Waals surface area contributed by atoms with Crippen molar-refractivity contribution >= 4 is 5.91 Å². The molecule has 0 radical (unpaired) electrons. The van der Waals surface area contributed by atoms with Gasteiger partial charge in [0.15, 0.2) is 0 Å². The molecular weight excluding hydrogens is 209 g/mol. The van der Waals surface area contributed by atoms with E-state index < -0.39 is 11.9 Å². The first-order valence-electron chi connectivity index (χ1n) is 5.09. The minimum absolute atomic E-state index is 0.243. The highest BCUT2D eigenvalue weighted by molar-refractivity contribution is 5.79. The van der Waals surface area contributed by atoms with E-state index in [0.717, 1.165) is 12.0 Å².